The molecule has 0 atom stereocenters. The molecule has 2 N–H and O–H groups in total. The van der Waals surface area contributed by atoms with Crippen LogP contribution in [-0.4, -0.2) is 45.2 Å². The van der Waals surface area contributed by atoms with Gasteiger partial charge in [-0.2, -0.15) is 13.2 Å². The van der Waals surface area contributed by atoms with Gasteiger partial charge >= 0.3 is 12.2 Å². The van der Waals surface area contributed by atoms with Gasteiger partial charge in [0.1, 0.15) is 6.54 Å². The number of halogens is 3. The van der Waals surface area contributed by atoms with Crippen LogP contribution in [0.15, 0.2) is 35.5 Å². The second-order valence-corrected chi connectivity index (χ2v) is 5.99. The zero-order valence-electron chi connectivity index (χ0n) is 13.7. The summed E-state index contributed by atoms with van der Waals surface area (Å²) in [4.78, 5) is 22.9. The van der Waals surface area contributed by atoms with Crippen molar-refractivity contribution in [1.82, 2.24) is 25.4 Å². The Hall–Kier alpha value is -2.56. The van der Waals surface area contributed by atoms with Crippen molar-refractivity contribution in [3.8, 4) is 11.4 Å². The summed E-state index contributed by atoms with van der Waals surface area (Å²) in [7, 11) is 0. The summed E-state index contributed by atoms with van der Waals surface area (Å²) in [6, 6.07) is 8.16. The van der Waals surface area contributed by atoms with Crippen LogP contribution >= 0.6 is 11.8 Å². The minimum Gasteiger partial charge on any atom is -0.329 e. The highest BCUT2D eigenvalue weighted by molar-refractivity contribution is 7.99. The lowest BCUT2D eigenvalue weighted by Gasteiger charge is -2.09. The van der Waals surface area contributed by atoms with Gasteiger partial charge in [0.25, 0.3) is 0 Å². The van der Waals surface area contributed by atoms with Crippen LogP contribution in [-0.2, 0) is 11.3 Å². The Labute approximate surface area is 151 Å². The van der Waals surface area contributed by atoms with Crippen LogP contribution < -0.4 is 10.6 Å². The summed E-state index contributed by atoms with van der Waals surface area (Å²) in [5.41, 5.74) is 0.865. The van der Waals surface area contributed by atoms with Crippen LogP contribution in [0.3, 0.4) is 0 Å². The largest absolute Gasteiger partial charge is 0.405 e. The van der Waals surface area contributed by atoms with Crippen molar-refractivity contribution in [3.63, 3.8) is 0 Å². The maximum atomic E-state index is 12.0. The summed E-state index contributed by atoms with van der Waals surface area (Å²) in [5.74, 6) is -0.285. The zero-order valence-corrected chi connectivity index (χ0v) is 14.5. The van der Waals surface area contributed by atoms with Gasteiger partial charge in [-0.1, -0.05) is 42.1 Å². The highest BCUT2D eigenvalue weighted by Crippen LogP contribution is 2.23. The molecule has 0 saturated carbocycles. The molecule has 0 unspecified atom stereocenters. The number of urea groups is 1. The topological polar surface area (TPSA) is 88.9 Å². The number of benzene rings is 1. The number of nitrogens with one attached hydrogen (secondary N) is 2. The molecule has 7 nitrogen and oxygen atoms in total. The maximum Gasteiger partial charge on any atom is 0.405 e. The van der Waals surface area contributed by atoms with Gasteiger partial charge in [-0.25, -0.2) is 4.79 Å². The predicted molar refractivity (Wildman–Crippen MR) is 89.5 cm³/mol. The SMILES string of the molecule is CCn1c(SCC(=O)NC(=O)NCC(F)(F)F)nnc1-c1ccccc1. The monoisotopic (exact) mass is 387 g/mol. The molecule has 2 rings (SSSR count). The first-order valence-electron chi connectivity index (χ1n) is 7.56. The van der Waals surface area contributed by atoms with Crippen molar-refractivity contribution in [2.24, 2.45) is 0 Å². The number of amides is 3. The van der Waals surface area contributed by atoms with E-state index in [4.69, 9.17) is 0 Å². The quantitative estimate of drug-likeness (QED) is 0.744. The Morgan fingerprint density at radius 1 is 1.19 bits per heavy atom. The van der Waals surface area contributed by atoms with E-state index >= 15 is 0 Å². The lowest BCUT2D eigenvalue weighted by molar-refractivity contribution is -0.124. The van der Waals surface area contributed by atoms with E-state index in [-0.39, 0.29) is 5.75 Å². The Morgan fingerprint density at radius 2 is 1.88 bits per heavy atom. The van der Waals surface area contributed by atoms with Crippen molar-refractivity contribution < 1.29 is 22.8 Å². The molecule has 140 valence electrons. The fraction of sp³-hybridized carbons (Fsp3) is 0.333. The molecule has 11 heteroatoms. The van der Waals surface area contributed by atoms with Crippen molar-refractivity contribution >= 4 is 23.7 Å². The van der Waals surface area contributed by atoms with Gasteiger partial charge in [-0.3, -0.25) is 10.1 Å². The number of carbonyl (C=O) groups excluding carboxylic acids is 2. The molecule has 0 radical (unpaired) electrons. The first-order valence-corrected chi connectivity index (χ1v) is 8.54. The van der Waals surface area contributed by atoms with Crippen LogP contribution in [0.5, 0.6) is 0 Å². The van der Waals surface area contributed by atoms with Gasteiger partial charge in [0.2, 0.25) is 5.91 Å². The molecular weight excluding hydrogens is 371 g/mol. The smallest absolute Gasteiger partial charge is 0.329 e. The van der Waals surface area contributed by atoms with Crippen LogP contribution in [0.1, 0.15) is 6.92 Å². The van der Waals surface area contributed by atoms with Gasteiger partial charge in [-0.15, -0.1) is 10.2 Å². The van der Waals surface area contributed by atoms with E-state index in [9.17, 15) is 22.8 Å². The Balaban J connectivity index is 1.92. The van der Waals surface area contributed by atoms with E-state index in [0.717, 1.165) is 17.3 Å². The number of hydrogen-bond donors (Lipinski definition) is 2. The fourth-order valence-corrected chi connectivity index (χ4v) is 2.80. The molecule has 0 aliphatic carbocycles. The summed E-state index contributed by atoms with van der Waals surface area (Å²) >= 11 is 1.04. The third kappa shape index (κ3) is 5.76. The Bertz CT molecular complexity index is 764. The number of rotatable bonds is 6. The number of hydrogen-bond acceptors (Lipinski definition) is 5. The molecule has 3 amide bonds. The molecule has 2 aromatic rings. The minimum absolute atomic E-state index is 0.188. The van der Waals surface area contributed by atoms with Crippen molar-refractivity contribution in [2.75, 3.05) is 12.3 Å². The number of nitrogens with zero attached hydrogens (tertiary/aromatic N) is 3. The third-order valence-corrected chi connectivity index (χ3v) is 4.07. The summed E-state index contributed by atoms with van der Waals surface area (Å²) < 4.78 is 37.8. The number of carbonyl (C=O) groups is 2. The molecule has 1 aromatic heterocycles. The van der Waals surface area contributed by atoms with Crippen LogP contribution in [0.25, 0.3) is 11.4 Å². The van der Waals surface area contributed by atoms with Gasteiger partial charge in [0.05, 0.1) is 5.75 Å². The van der Waals surface area contributed by atoms with E-state index in [2.05, 4.69) is 10.2 Å². The Kier molecular flexibility index (Phi) is 6.61. The van der Waals surface area contributed by atoms with Crippen molar-refractivity contribution in [1.29, 1.82) is 0 Å². The summed E-state index contributed by atoms with van der Waals surface area (Å²) in [6.45, 7) is 0.946. The van der Waals surface area contributed by atoms with E-state index in [1.54, 1.807) is 9.88 Å². The van der Waals surface area contributed by atoms with E-state index < -0.39 is 24.7 Å². The zero-order chi connectivity index (χ0) is 19.2. The number of imide groups is 1. The molecular formula is C15H16F3N5O2S. The van der Waals surface area contributed by atoms with E-state index in [1.165, 1.54) is 0 Å². The second kappa shape index (κ2) is 8.70. The first kappa shape index (κ1) is 19.8. The predicted octanol–water partition coefficient (Wildman–Crippen LogP) is 2.45. The molecule has 26 heavy (non-hydrogen) atoms. The highest BCUT2D eigenvalue weighted by atomic mass is 32.2. The Morgan fingerprint density at radius 3 is 2.50 bits per heavy atom. The minimum atomic E-state index is -4.54. The van der Waals surface area contributed by atoms with E-state index in [0.29, 0.717) is 17.5 Å². The molecule has 1 aromatic carbocycles. The molecule has 0 aliphatic heterocycles. The molecule has 0 spiro atoms. The highest BCUT2D eigenvalue weighted by Gasteiger charge is 2.28. The van der Waals surface area contributed by atoms with Gasteiger partial charge in [-0.05, 0) is 6.92 Å². The first-order chi connectivity index (χ1) is 12.3. The lowest BCUT2D eigenvalue weighted by Crippen LogP contribution is -2.43. The molecule has 1 heterocycles. The van der Waals surface area contributed by atoms with Gasteiger partial charge in [0.15, 0.2) is 11.0 Å². The third-order valence-electron chi connectivity index (χ3n) is 3.10. The number of alkyl halides is 3. The van der Waals surface area contributed by atoms with Crippen molar-refractivity contribution in [3.05, 3.63) is 30.3 Å². The number of thioether (sulfide) groups is 1. The molecule has 0 bridgehead atoms. The average Bonchev–Trinajstić information content (AvgIpc) is 3.01. The standard InChI is InChI=1S/C15H16F3N5O2S/c1-2-23-12(10-6-4-3-5-7-10)21-22-14(23)26-8-11(24)20-13(25)19-9-15(16,17)18/h3-7H,2,8-9H2,1H3,(H2,19,20,24,25). The average molecular weight is 387 g/mol. The molecule has 0 saturated heterocycles. The summed E-state index contributed by atoms with van der Waals surface area (Å²) in [6.07, 6.45) is -4.54. The van der Waals surface area contributed by atoms with Crippen LogP contribution in [0, 0.1) is 0 Å². The number of aromatic nitrogens is 3. The van der Waals surface area contributed by atoms with Crippen molar-refractivity contribution in [2.45, 2.75) is 24.8 Å². The van der Waals surface area contributed by atoms with Gasteiger partial charge in [0, 0.05) is 12.1 Å². The van der Waals surface area contributed by atoms with Crippen LogP contribution in [0.2, 0.25) is 0 Å². The molecule has 0 aliphatic rings. The fourth-order valence-electron chi connectivity index (χ4n) is 2.00. The normalized spacial score (nSPS) is 11.2. The van der Waals surface area contributed by atoms with E-state index in [1.807, 2.05) is 42.6 Å². The lowest BCUT2D eigenvalue weighted by atomic mass is 10.2. The maximum absolute atomic E-state index is 12.0. The molecule has 0 fully saturated rings. The summed E-state index contributed by atoms with van der Waals surface area (Å²) in [5, 5.41) is 12.0. The second-order valence-electron chi connectivity index (χ2n) is 5.05. The van der Waals surface area contributed by atoms with Gasteiger partial charge < -0.3 is 9.88 Å². The van der Waals surface area contributed by atoms with Crippen LogP contribution in [0.4, 0.5) is 18.0 Å².